The van der Waals surface area contributed by atoms with E-state index in [0.29, 0.717) is 0 Å². The lowest BCUT2D eigenvalue weighted by molar-refractivity contribution is 0.660. The van der Waals surface area contributed by atoms with Crippen molar-refractivity contribution < 1.29 is 0 Å². The van der Waals surface area contributed by atoms with Gasteiger partial charge in [0.2, 0.25) is 0 Å². The number of fused-ring (bicyclic) bond motifs is 6. The lowest BCUT2D eigenvalue weighted by Crippen LogP contribution is -2.17. The molecule has 0 unspecified atom stereocenters. The summed E-state index contributed by atoms with van der Waals surface area (Å²) in [4.78, 5) is 2.49. The summed E-state index contributed by atoms with van der Waals surface area (Å²) in [5.74, 6) is 0. The smallest absolute Gasteiger partial charge is 0.0540 e. The first-order valence-corrected chi connectivity index (χ1v) is 19.6. The molecule has 0 saturated carbocycles. The molecule has 1 aromatic heterocycles. The van der Waals surface area contributed by atoms with Crippen LogP contribution >= 0.6 is 11.3 Å². The molecular weight excluding hydrogens is 671 g/mol. The molecule has 0 fully saturated rings. The highest BCUT2D eigenvalue weighted by molar-refractivity contribution is 7.25. The summed E-state index contributed by atoms with van der Waals surface area (Å²) < 4.78 is 2.61. The second kappa shape index (κ2) is 12.7. The summed E-state index contributed by atoms with van der Waals surface area (Å²) >= 11 is 1.87. The molecular formula is C52H39NS. The third-order valence-electron chi connectivity index (χ3n) is 11.4. The summed E-state index contributed by atoms with van der Waals surface area (Å²) in [6.45, 7) is 6.96. The van der Waals surface area contributed by atoms with Crippen LogP contribution in [0.1, 0.15) is 30.5 Å². The molecule has 1 aliphatic rings. The lowest BCUT2D eigenvalue weighted by atomic mass is 9.82. The van der Waals surface area contributed by atoms with Crippen molar-refractivity contribution in [1.29, 1.82) is 0 Å². The molecule has 0 atom stereocenters. The number of thiophene rings is 1. The van der Waals surface area contributed by atoms with Gasteiger partial charge in [0.1, 0.15) is 0 Å². The molecule has 0 N–H and O–H groups in total. The van der Waals surface area contributed by atoms with Gasteiger partial charge in [0.05, 0.1) is 5.69 Å². The van der Waals surface area contributed by atoms with Crippen LogP contribution in [0, 0.1) is 6.92 Å². The number of hydrogen-bond acceptors (Lipinski definition) is 2. The molecule has 0 aliphatic heterocycles. The molecule has 10 rings (SSSR count). The van der Waals surface area contributed by atoms with Gasteiger partial charge in [-0.05, 0) is 105 Å². The van der Waals surface area contributed by atoms with Gasteiger partial charge in [-0.15, -0.1) is 11.3 Å². The standard InChI is InChI=1S/C52H39NS/c1-34-13-7-8-16-41(34)46-31-38(37-23-21-36(22-24-37)35-14-5-4-6-15-35)25-30-49(46)53(40-27-29-45-44-18-10-12-20-50(44)54-51(45)33-40)39-26-28-43-42-17-9-11-19-47(42)52(2,3)48(43)32-39/h4-33H,1-3H3. The Kier molecular flexibility index (Phi) is 7.64. The summed E-state index contributed by atoms with van der Waals surface area (Å²) in [6.07, 6.45) is 0. The number of nitrogens with zero attached hydrogens (tertiary/aromatic N) is 1. The van der Waals surface area contributed by atoms with Gasteiger partial charge in [0, 0.05) is 42.5 Å². The van der Waals surface area contributed by atoms with Crippen molar-refractivity contribution in [2.24, 2.45) is 0 Å². The Hall–Kier alpha value is -6.22. The maximum Gasteiger partial charge on any atom is 0.0540 e. The number of hydrogen-bond donors (Lipinski definition) is 0. The SMILES string of the molecule is Cc1ccccc1-c1cc(-c2ccc(-c3ccccc3)cc2)ccc1N(c1ccc2c(c1)C(C)(C)c1ccccc1-2)c1ccc2c(c1)sc1ccccc12. The van der Waals surface area contributed by atoms with E-state index in [9.17, 15) is 0 Å². The van der Waals surface area contributed by atoms with Crippen LogP contribution < -0.4 is 4.90 Å². The third kappa shape index (κ3) is 5.29. The van der Waals surface area contributed by atoms with E-state index in [1.807, 2.05) is 11.3 Å². The first-order valence-electron chi connectivity index (χ1n) is 18.8. The highest BCUT2D eigenvalue weighted by atomic mass is 32.1. The first kappa shape index (κ1) is 32.4. The average Bonchev–Trinajstić information content (AvgIpc) is 3.70. The molecule has 0 spiro atoms. The molecule has 1 heterocycles. The van der Waals surface area contributed by atoms with Gasteiger partial charge < -0.3 is 4.90 Å². The van der Waals surface area contributed by atoms with E-state index < -0.39 is 0 Å². The maximum absolute atomic E-state index is 2.49. The minimum absolute atomic E-state index is 0.113. The van der Waals surface area contributed by atoms with E-state index in [0.717, 1.165) is 17.1 Å². The maximum atomic E-state index is 2.49. The fourth-order valence-corrected chi connectivity index (χ4v) is 9.74. The van der Waals surface area contributed by atoms with Crippen molar-refractivity contribution in [2.45, 2.75) is 26.2 Å². The predicted octanol–water partition coefficient (Wildman–Crippen LogP) is 15.1. The Balaban J connectivity index is 1.19. The van der Waals surface area contributed by atoms with E-state index in [1.54, 1.807) is 0 Å². The van der Waals surface area contributed by atoms with Crippen LogP contribution in [-0.2, 0) is 5.41 Å². The quantitative estimate of drug-likeness (QED) is 0.166. The Morgan fingerprint density at radius 3 is 1.81 bits per heavy atom. The second-order valence-electron chi connectivity index (χ2n) is 15.0. The van der Waals surface area contributed by atoms with E-state index in [2.05, 4.69) is 208 Å². The molecule has 258 valence electrons. The Labute approximate surface area is 321 Å². The Morgan fingerprint density at radius 2 is 1.00 bits per heavy atom. The summed E-state index contributed by atoms with van der Waals surface area (Å²) in [5.41, 5.74) is 17.3. The van der Waals surface area contributed by atoms with E-state index >= 15 is 0 Å². The van der Waals surface area contributed by atoms with Crippen molar-refractivity contribution >= 4 is 48.6 Å². The summed E-state index contributed by atoms with van der Waals surface area (Å²) in [7, 11) is 0. The zero-order valence-corrected chi connectivity index (χ0v) is 31.5. The van der Waals surface area contributed by atoms with Crippen LogP contribution in [0.2, 0.25) is 0 Å². The normalized spacial score (nSPS) is 12.9. The van der Waals surface area contributed by atoms with Crippen molar-refractivity contribution in [3.63, 3.8) is 0 Å². The molecule has 0 saturated heterocycles. The summed E-state index contributed by atoms with van der Waals surface area (Å²) in [5, 5.41) is 2.62. The number of rotatable bonds is 6. The number of aryl methyl sites for hydroxylation is 1. The zero-order chi connectivity index (χ0) is 36.4. The molecule has 1 aliphatic carbocycles. The highest BCUT2D eigenvalue weighted by Crippen LogP contribution is 2.52. The van der Waals surface area contributed by atoms with Crippen LogP contribution in [0.5, 0.6) is 0 Å². The number of benzene rings is 8. The molecule has 9 aromatic rings. The molecule has 8 aromatic carbocycles. The Morgan fingerprint density at radius 1 is 0.407 bits per heavy atom. The fraction of sp³-hybridized carbons (Fsp3) is 0.0769. The van der Waals surface area contributed by atoms with Crippen molar-refractivity contribution in [2.75, 3.05) is 4.90 Å². The van der Waals surface area contributed by atoms with Gasteiger partial charge in [-0.1, -0.05) is 153 Å². The molecule has 0 bridgehead atoms. The van der Waals surface area contributed by atoms with Gasteiger partial charge in [-0.25, -0.2) is 0 Å². The van der Waals surface area contributed by atoms with Crippen LogP contribution in [0.3, 0.4) is 0 Å². The van der Waals surface area contributed by atoms with E-state index in [1.165, 1.54) is 81.4 Å². The molecule has 2 heteroatoms. The average molecular weight is 710 g/mol. The first-order chi connectivity index (χ1) is 26.4. The van der Waals surface area contributed by atoms with Crippen molar-refractivity contribution in [3.05, 3.63) is 199 Å². The largest absolute Gasteiger partial charge is 0.310 e. The van der Waals surface area contributed by atoms with Crippen molar-refractivity contribution in [3.8, 4) is 44.5 Å². The van der Waals surface area contributed by atoms with Crippen LogP contribution in [0.15, 0.2) is 182 Å². The minimum atomic E-state index is -0.113. The lowest BCUT2D eigenvalue weighted by Gasteiger charge is -2.30. The van der Waals surface area contributed by atoms with Gasteiger partial charge in [0.25, 0.3) is 0 Å². The van der Waals surface area contributed by atoms with Crippen LogP contribution in [0.25, 0.3) is 64.7 Å². The monoisotopic (exact) mass is 709 g/mol. The highest BCUT2D eigenvalue weighted by Gasteiger charge is 2.36. The third-order valence-corrected chi connectivity index (χ3v) is 12.6. The molecule has 0 amide bonds. The van der Waals surface area contributed by atoms with Crippen LogP contribution in [-0.4, -0.2) is 0 Å². The van der Waals surface area contributed by atoms with E-state index in [4.69, 9.17) is 0 Å². The molecule has 1 nitrogen and oxygen atoms in total. The molecule has 54 heavy (non-hydrogen) atoms. The van der Waals surface area contributed by atoms with Crippen LogP contribution in [0.4, 0.5) is 17.1 Å². The number of anilines is 3. The zero-order valence-electron chi connectivity index (χ0n) is 30.7. The van der Waals surface area contributed by atoms with Gasteiger partial charge in [0.15, 0.2) is 0 Å². The predicted molar refractivity (Wildman–Crippen MR) is 233 cm³/mol. The topological polar surface area (TPSA) is 3.24 Å². The minimum Gasteiger partial charge on any atom is -0.310 e. The van der Waals surface area contributed by atoms with Gasteiger partial charge in [-0.2, -0.15) is 0 Å². The van der Waals surface area contributed by atoms with E-state index in [-0.39, 0.29) is 5.41 Å². The van der Waals surface area contributed by atoms with Crippen molar-refractivity contribution in [1.82, 2.24) is 0 Å². The fourth-order valence-electron chi connectivity index (χ4n) is 8.60. The van der Waals surface area contributed by atoms with Gasteiger partial charge >= 0.3 is 0 Å². The Bertz CT molecular complexity index is 2860. The second-order valence-corrected chi connectivity index (χ2v) is 16.1. The van der Waals surface area contributed by atoms with Gasteiger partial charge in [-0.3, -0.25) is 0 Å². The summed E-state index contributed by atoms with van der Waals surface area (Å²) in [6, 6.07) is 67.2. The molecule has 0 radical (unpaired) electrons.